The van der Waals surface area contributed by atoms with E-state index in [4.69, 9.17) is 0 Å². The van der Waals surface area contributed by atoms with E-state index in [-0.39, 0.29) is 17.7 Å². The Morgan fingerprint density at radius 1 is 1.32 bits per heavy atom. The van der Waals surface area contributed by atoms with Gasteiger partial charge in [-0.2, -0.15) is 0 Å². The van der Waals surface area contributed by atoms with Crippen LogP contribution in [0.25, 0.3) is 0 Å². The molecule has 0 spiro atoms. The van der Waals surface area contributed by atoms with Crippen LogP contribution in [-0.4, -0.2) is 31.4 Å². The highest BCUT2D eigenvalue weighted by molar-refractivity contribution is 5.76. The SMILES string of the molecule is O=C(CCc1ccc(OC(F)(F)F)cc1)NC1CCCNC1. The number of carbonyl (C=O) groups excluding carboxylic acids is 1. The molecule has 0 aromatic heterocycles. The molecule has 0 saturated carbocycles. The molecule has 0 radical (unpaired) electrons. The summed E-state index contributed by atoms with van der Waals surface area (Å²) in [6, 6.07) is 5.76. The van der Waals surface area contributed by atoms with Gasteiger partial charge < -0.3 is 15.4 Å². The van der Waals surface area contributed by atoms with Gasteiger partial charge in [-0.1, -0.05) is 12.1 Å². The van der Waals surface area contributed by atoms with Crippen LogP contribution in [0.5, 0.6) is 5.75 Å². The number of benzene rings is 1. The summed E-state index contributed by atoms with van der Waals surface area (Å²) in [5, 5.41) is 6.17. The molecule has 22 heavy (non-hydrogen) atoms. The fourth-order valence-corrected chi connectivity index (χ4v) is 2.39. The van der Waals surface area contributed by atoms with E-state index in [0.717, 1.165) is 31.5 Å². The van der Waals surface area contributed by atoms with Gasteiger partial charge in [0, 0.05) is 19.0 Å². The Kier molecular flexibility index (Phi) is 5.65. The largest absolute Gasteiger partial charge is 0.573 e. The Morgan fingerprint density at radius 2 is 2.05 bits per heavy atom. The van der Waals surface area contributed by atoms with Crippen LogP contribution in [0.4, 0.5) is 13.2 Å². The lowest BCUT2D eigenvalue weighted by atomic mass is 10.1. The molecule has 1 saturated heterocycles. The van der Waals surface area contributed by atoms with Gasteiger partial charge in [0.05, 0.1) is 0 Å². The van der Waals surface area contributed by atoms with Crippen LogP contribution in [-0.2, 0) is 11.2 Å². The molecule has 1 fully saturated rings. The summed E-state index contributed by atoms with van der Waals surface area (Å²) in [5.41, 5.74) is 0.798. The van der Waals surface area contributed by atoms with Crippen molar-refractivity contribution >= 4 is 5.91 Å². The van der Waals surface area contributed by atoms with Crippen LogP contribution in [0.2, 0.25) is 0 Å². The lowest BCUT2D eigenvalue weighted by molar-refractivity contribution is -0.274. The minimum Gasteiger partial charge on any atom is -0.406 e. The van der Waals surface area contributed by atoms with E-state index in [1.165, 1.54) is 24.3 Å². The molecule has 1 aromatic rings. The second-order valence-electron chi connectivity index (χ2n) is 5.30. The molecule has 1 amide bonds. The van der Waals surface area contributed by atoms with Crippen LogP contribution in [0.3, 0.4) is 0 Å². The summed E-state index contributed by atoms with van der Waals surface area (Å²) in [6.07, 6.45) is -1.86. The third-order valence-corrected chi connectivity index (χ3v) is 3.46. The molecule has 1 unspecified atom stereocenters. The summed E-state index contributed by atoms with van der Waals surface area (Å²) < 4.78 is 39.9. The minimum absolute atomic E-state index is 0.0377. The molecule has 7 heteroatoms. The van der Waals surface area contributed by atoms with Gasteiger partial charge in [-0.05, 0) is 43.5 Å². The Labute approximate surface area is 127 Å². The first kappa shape index (κ1) is 16.6. The number of rotatable bonds is 5. The summed E-state index contributed by atoms with van der Waals surface area (Å²) in [4.78, 5) is 11.8. The number of ether oxygens (including phenoxy) is 1. The molecule has 0 aliphatic carbocycles. The van der Waals surface area contributed by atoms with Crippen molar-refractivity contribution < 1.29 is 22.7 Å². The smallest absolute Gasteiger partial charge is 0.406 e. The number of amides is 1. The quantitative estimate of drug-likeness (QED) is 0.877. The first-order valence-corrected chi connectivity index (χ1v) is 7.27. The topological polar surface area (TPSA) is 50.4 Å². The number of hydrogen-bond donors (Lipinski definition) is 2. The summed E-state index contributed by atoms with van der Waals surface area (Å²) in [7, 11) is 0. The van der Waals surface area contributed by atoms with E-state index in [2.05, 4.69) is 15.4 Å². The molecule has 1 atom stereocenters. The third kappa shape index (κ3) is 5.93. The summed E-state index contributed by atoms with van der Waals surface area (Å²) in [6.45, 7) is 1.77. The van der Waals surface area contributed by atoms with E-state index in [1.54, 1.807) is 0 Å². The molecular weight excluding hydrogens is 297 g/mol. The second-order valence-corrected chi connectivity index (χ2v) is 5.30. The zero-order valence-electron chi connectivity index (χ0n) is 12.1. The number of hydrogen-bond acceptors (Lipinski definition) is 3. The average Bonchev–Trinajstić information content (AvgIpc) is 2.46. The Hall–Kier alpha value is -1.76. The lowest BCUT2D eigenvalue weighted by Crippen LogP contribution is -2.45. The lowest BCUT2D eigenvalue weighted by Gasteiger charge is -2.23. The molecule has 2 rings (SSSR count). The van der Waals surface area contributed by atoms with Crippen molar-refractivity contribution in [2.75, 3.05) is 13.1 Å². The Morgan fingerprint density at radius 3 is 2.64 bits per heavy atom. The van der Waals surface area contributed by atoms with Crippen molar-refractivity contribution in [1.29, 1.82) is 0 Å². The van der Waals surface area contributed by atoms with Crippen molar-refractivity contribution in [3.63, 3.8) is 0 Å². The normalized spacial score (nSPS) is 18.8. The predicted molar refractivity (Wildman–Crippen MR) is 75.5 cm³/mol. The first-order chi connectivity index (χ1) is 10.4. The monoisotopic (exact) mass is 316 g/mol. The molecule has 1 aromatic carbocycles. The van der Waals surface area contributed by atoms with Crippen molar-refractivity contribution in [1.82, 2.24) is 10.6 Å². The maximum atomic E-state index is 12.0. The molecule has 122 valence electrons. The highest BCUT2D eigenvalue weighted by Gasteiger charge is 2.30. The van der Waals surface area contributed by atoms with Crippen LogP contribution in [0.15, 0.2) is 24.3 Å². The maximum Gasteiger partial charge on any atom is 0.573 e. The van der Waals surface area contributed by atoms with Crippen LogP contribution in [0.1, 0.15) is 24.8 Å². The molecule has 1 aliphatic heterocycles. The van der Waals surface area contributed by atoms with E-state index in [9.17, 15) is 18.0 Å². The third-order valence-electron chi connectivity index (χ3n) is 3.46. The standard InChI is InChI=1S/C15H19F3N2O2/c16-15(17,18)22-13-6-3-11(4-7-13)5-8-14(21)20-12-2-1-9-19-10-12/h3-4,6-7,12,19H,1-2,5,8-10H2,(H,20,21). The number of halogens is 3. The molecule has 4 nitrogen and oxygen atoms in total. The van der Waals surface area contributed by atoms with E-state index in [0.29, 0.717) is 12.8 Å². The number of piperidine rings is 1. The van der Waals surface area contributed by atoms with Gasteiger partial charge in [0.25, 0.3) is 0 Å². The zero-order chi connectivity index (χ0) is 16.0. The van der Waals surface area contributed by atoms with Gasteiger partial charge >= 0.3 is 6.36 Å². The van der Waals surface area contributed by atoms with Crippen LogP contribution in [0, 0.1) is 0 Å². The average molecular weight is 316 g/mol. The van der Waals surface area contributed by atoms with Crippen LogP contribution >= 0.6 is 0 Å². The predicted octanol–water partition coefficient (Wildman–Crippen LogP) is 2.39. The first-order valence-electron chi connectivity index (χ1n) is 7.27. The van der Waals surface area contributed by atoms with E-state index >= 15 is 0 Å². The fraction of sp³-hybridized carbons (Fsp3) is 0.533. The molecule has 1 aliphatic rings. The van der Waals surface area contributed by atoms with Crippen LogP contribution < -0.4 is 15.4 Å². The molecule has 2 N–H and O–H groups in total. The number of aryl methyl sites for hydroxylation is 1. The number of nitrogens with one attached hydrogen (secondary N) is 2. The highest BCUT2D eigenvalue weighted by atomic mass is 19.4. The number of carbonyl (C=O) groups is 1. The zero-order valence-corrected chi connectivity index (χ0v) is 12.1. The minimum atomic E-state index is -4.69. The van der Waals surface area contributed by atoms with Gasteiger partial charge in [0.2, 0.25) is 5.91 Å². The van der Waals surface area contributed by atoms with E-state index < -0.39 is 6.36 Å². The maximum absolute atomic E-state index is 12.0. The molecule has 0 bridgehead atoms. The Bertz CT molecular complexity index is 483. The second kappa shape index (κ2) is 7.49. The number of alkyl halides is 3. The van der Waals surface area contributed by atoms with Crippen molar-refractivity contribution in [2.45, 2.75) is 38.1 Å². The molecular formula is C15H19F3N2O2. The summed E-state index contributed by atoms with van der Waals surface area (Å²) in [5.74, 6) is -0.293. The highest BCUT2D eigenvalue weighted by Crippen LogP contribution is 2.23. The molecule has 1 heterocycles. The van der Waals surface area contributed by atoms with Gasteiger partial charge in [-0.25, -0.2) is 0 Å². The van der Waals surface area contributed by atoms with Crippen molar-refractivity contribution in [2.24, 2.45) is 0 Å². The van der Waals surface area contributed by atoms with Gasteiger partial charge in [-0.15, -0.1) is 13.2 Å². The Balaban J connectivity index is 1.75. The van der Waals surface area contributed by atoms with Gasteiger partial charge in [0.1, 0.15) is 5.75 Å². The van der Waals surface area contributed by atoms with Gasteiger partial charge in [-0.3, -0.25) is 4.79 Å². The van der Waals surface area contributed by atoms with Crippen molar-refractivity contribution in [3.8, 4) is 5.75 Å². The van der Waals surface area contributed by atoms with Gasteiger partial charge in [0.15, 0.2) is 0 Å². The van der Waals surface area contributed by atoms with Crippen molar-refractivity contribution in [3.05, 3.63) is 29.8 Å². The van der Waals surface area contributed by atoms with E-state index in [1.807, 2.05) is 0 Å². The summed E-state index contributed by atoms with van der Waals surface area (Å²) >= 11 is 0. The fourth-order valence-electron chi connectivity index (χ4n) is 2.39.